The Balaban J connectivity index is 1.25. The van der Waals surface area contributed by atoms with Gasteiger partial charge < -0.3 is 33.7 Å². The van der Waals surface area contributed by atoms with E-state index in [-0.39, 0.29) is 37.7 Å². The standard InChI is InChI=1S/C32H29BrN4O8/c1-40-25-8-17(9-26(41-2)31(25)42-3)28-19-10-23-24(45-15-44-23)11-20(19)30(21-14-43-32(39)29(21)28)34-27(38)13-37-12-22(35-36-37)16-4-6-18(33)7-5-16/h4-12,21,28-30H,13-15H2,1-3H3,(H,34,38)/t21-,28+,29-,30+/m0/s1. The molecule has 1 saturated heterocycles. The molecule has 4 atom stereocenters. The predicted molar refractivity (Wildman–Crippen MR) is 162 cm³/mol. The number of amides is 1. The summed E-state index contributed by atoms with van der Waals surface area (Å²) in [6, 6.07) is 14.6. The number of carbonyl (C=O) groups excluding carboxylic acids is 2. The Morgan fingerprint density at radius 3 is 2.33 bits per heavy atom. The van der Waals surface area contributed by atoms with E-state index in [2.05, 4.69) is 31.6 Å². The van der Waals surface area contributed by atoms with Crippen LogP contribution in [0.1, 0.15) is 28.7 Å². The lowest BCUT2D eigenvalue weighted by Crippen LogP contribution is -2.43. The fourth-order valence-electron chi connectivity index (χ4n) is 6.52. The van der Waals surface area contributed by atoms with Gasteiger partial charge in [-0.25, -0.2) is 4.68 Å². The molecule has 12 nitrogen and oxygen atoms in total. The zero-order valence-corrected chi connectivity index (χ0v) is 26.2. The molecule has 0 radical (unpaired) electrons. The number of rotatable bonds is 8. The van der Waals surface area contributed by atoms with Crippen molar-refractivity contribution >= 4 is 27.8 Å². The summed E-state index contributed by atoms with van der Waals surface area (Å²) in [5.41, 5.74) is 3.90. The van der Waals surface area contributed by atoms with E-state index in [1.165, 1.54) is 11.8 Å². The Hall–Kier alpha value is -4.78. The third-order valence-electron chi connectivity index (χ3n) is 8.53. The second-order valence-corrected chi connectivity index (χ2v) is 11.9. The molecular weight excluding hydrogens is 648 g/mol. The van der Waals surface area contributed by atoms with Gasteiger partial charge in [-0.2, -0.15) is 0 Å². The number of hydrogen-bond donors (Lipinski definition) is 1. The highest BCUT2D eigenvalue weighted by Crippen LogP contribution is 2.55. The smallest absolute Gasteiger partial charge is 0.310 e. The van der Waals surface area contributed by atoms with Gasteiger partial charge in [-0.1, -0.05) is 33.3 Å². The van der Waals surface area contributed by atoms with Crippen LogP contribution in [0, 0.1) is 11.8 Å². The molecule has 1 N–H and O–H groups in total. The van der Waals surface area contributed by atoms with E-state index in [4.69, 9.17) is 28.4 Å². The Bertz CT molecular complexity index is 1770. The normalized spacial score (nSPS) is 21.0. The van der Waals surface area contributed by atoms with E-state index < -0.39 is 17.9 Å². The summed E-state index contributed by atoms with van der Waals surface area (Å²) in [7, 11) is 4.63. The van der Waals surface area contributed by atoms with Gasteiger partial charge in [-0.3, -0.25) is 9.59 Å². The molecule has 0 spiro atoms. The molecule has 2 aliphatic heterocycles. The first kappa shape index (κ1) is 29.0. The van der Waals surface area contributed by atoms with E-state index >= 15 is 0 Å². The Morgan fingerprint density at radius 2 is 1.67 bits per heavy atom. The molecule has 3 aromatic carbocycles. The molecule has 7 rings (SSSR count). The van der Waals surface area contributed by atoms with E-state index in [9.17, 15) is 9.59 Å². The molecule has 3 aliphatic rings. The van der Waals surface area contributed by atoms with Gasteiger partial charge in [0, 0.05) is 21.9 Å². The van der Waals surface area contributed by atoms with Crippen molar-refractivity contribution in [3.05, 3.63) is 75.9 Å². The summed E-state index contributed by atoms with van der Waals surface area (Å²) >= 11 is 3.43. The Morgan fingerprint density at radius 1 is 0.978 bits per heavy atom. The van der Waals surface area contributed by atoms with Crippen LogP contribution in [0.15, 0.2) is 59.2 Å². The number of methoxy groups -OCH3 is 3. The highest BCUT2D eigenvalue weighted by molar-refractivity contribution is 9.10. The molecule has 0 bridgehead atoms. The predicted octanol–water partition coefficient (Wildman–Crippen LogP) is 4.25. The van der Waals surface area contributed by atoms with Crippen molar-refractivity contribution < 1.29 is 38.0 Å². The molecule has 0 unspecified atom stereocenters. The third-order valence-corrected chi connectivity index (χ3v) is 9.06. The first-order valence-corrected chi connectivity index (χ1v) is 15.0. The lowest BCUT2D eigenvalue weighted by Gasteiger charge is -2.39. The minimum atomic E-state index is -0.610. The number of nitrogens with zero attached hydrogens (tertiary/aromatic N) is 3. The van der Waals surface area contributed by atoms with Crippen molar-refractivity contribution in [2.75, 3.05) is 34.7 Å². The summed E-state index contributed by atoms with van der Waals surface area (Å²) < 4.78 is 36.4. The summed E-state index contributed by atoms with van der Waals surface area (Å²) in [6.45, 7) is 0.148. The van der Waals surface area contributed by atoms with Crippen molar-refractivity contribution in [2.45, 2.75) is 18.5 Å². The number of halogens is 1. The lowest BCUT2D eigenvalue weighted by molar-refractivity contribution is -0.141. The molecule has 45 heavy (non-hydrogen) atoms. The topological polar surface area (TPSA) is 132 Å². The maximum Gasteiger partial charge on any atom is 0.310 e. The second kappa shape index (κ2) is 11.6. The number of fused-ring (bicyclic) bond motifs is 3. The number of hydrogen-bond acceptors (Lipinski definition) is 10. The second-order valence-electron chi connectivity index (χ2n) is 10.9. The third kappa shape index (κ3) is 5.10. The molecule has 0 saturated carbocycles. The van der Waals surface area contributed by atoms with Gasteiger partial charge in [0.25, 0.3) is 0 Å². The monoisotopic (exact) mass is 676 g/mol. The van der Waals surface area contributed by atoms with Gasteiger partial charge in [0.1, 0.15) is 12.2 Å². The van der Waals surface area contributed by atoms with Crippen LogP contribution in [0.25, 0.3) is 11.3 Å². The number of ether oxygens (including phenoxy) is 6. The minimum absolute atomic E-state index is 0.0671. The first-order chi connectivity index (χ1) is 21.9. The average Bonchev–Trinajstić information content (AvgIpc) is 3.80. The van der Waals surface area contributed by atoms with Crippen molar-refractivity contribution in [2.24, 2.45) is 11.8 Å². The van der Waals surface area contributed by atoms with Crippen LogP contribution in [0.4, 0.5) is 0 Å². The minimum Gasteiger partial charge on any atom is -0.493 e. The molecule has 3 heterocycles. The van der Waals surface area contributed by atoms with Crippen molar-refractivity contribution in [3.8, 4) is 40.0 Å². The van der Waals surface area contributed by atoms with E-state index in [1.807, 2.05) is 48.5 Å². The fourth-order valence-corrected chi connectivity index (χ4v) is 6.79. The average molecular weight is 678 g/mol. The van der Waals surface area contributed by atoms with Crippen LogP contribution in [0.5, 0.6) is 28.7 Å². The molecule has 13 heteroatoms. The van der Waals surface area contributed by atoms with Gasteiger partial charge >= 0.3 is 5.97 Å². The van der Waals surface area contributed by atoms with E-state index in [1.54, 1.807) is 20.4 Å². The van der Waals surface area contributed by atoms with Crippen molar-refractivity contribution in [3.63, 3.8) is 0 Å². The first-order valence-electron chi connectivity index (χ1n) is 14.2. The van der Waals surface area contributed by atoms with Gasteiger partial charge in [0.05, 0.1) is 46.1 Å². The SMILES string of the molecule is COc1cc([C@@H]2c3cc4c(cc3[C@@H](NC(=O)Cn3cc(-c5ccc(Br)cc5)nn3)[C@H]3COC(=O)[C@H]23)OCO4)cc(OC)c1OC. The Labute approximate surface area is 266 Å². The number of benzene rings is 3. The molecule has 1 aliphatic carbocycles. The van der Waals surface area contributed by atoms with Crippen LogP contribution in [-0.4, -0.2) is 61.6 Å². The van der Waals surface area contributed by atoms with Gasteiger partial charge in [-0.15, -0.1) is 5.10 Å². The van der Waals surface area contributed by atoms with Crippen LogP contribution in [-0.2, 0) is 20.9 Å². The summed E-state index contributed by atoms with van der Waals surface area (Å²) in [5, 5.41) is 11.6. The zero-order valence-electron chi connectivity index (χ0n) is 24.6. The van der Waals surface area contributed by atoms with Gasteiger partial charge in [0.2, 0.25) is 18.4 Å². The number of carbonyl (C=O) groups is 2. The molecular formula is C32H29BrN4O8. The van der Waals surface area contributed by atoms with E-state index in [0.29, 0.717) is 34.4 Å². The summed E-state index contributed by atoms with van der Waals surface area (Å²) in [6.07, 6.45) is 1.72. The maximum absolute atomic E-state index is 13.5. The molecule has 1 aromatic heterocycles. The number of cyclic esters (lactones) is 1. The molecule has 1 fully saturated rings. The fraction of sp³-hybridized carbons (Fsp3) is 0.312. The maximum atomic E-state index is 13.5. The molecule has 1 amide bonds. The van der Waals surface area contributed by atoms with Crippen LogP contribution in [0.2, 0.25) is 0 Å². The van der Waals surface area contributed by atoms with Crippen LogP contribution < -0.4 is 29.0 Å². The Kier molecular flexibility index (Phi) is 7.48. The number of nitrogens with one attached hydrogen (secondary N) is 1. The number of aromatic nitrogens is 3. The largest absolute Gasteiger partial charge is 0.493 e. The van der Waals surface area contributed by atoms with Gasteiger partial charge in [-0.05, 0) is 53.1 Å². The van der Waals surface area contributed by atoms with Gasteiger partial charge in [0.15, 0.2) is 23.0 Å². The van der Waals surface area contributed by atoms with Crippen LogP contribution >= 0.6 is 15.9 Å². The summed E-state index contributed by atoms with van der Waals surface area (Å²) in [5.74, 6) is 0.411. The lowest BCUT2D eigenvalue weighted by atomic mass is 9.65. The molecule has 232 valence electrons. The van der Waals surface area contributed by atoms with Crippen molar-refractivity contribution in [1.82, 2.24) is 20.3 Å². The highest BCUT2D eigenvalue weighted by Gasteiger charge is 2.53. The van der Waals surface area contributed by atoms with E-state index in [0.717, 1.165) is 26.7 Å². The quantitative estimate of drug-likeness (QED) is 0.270. The highest BCUT2D eigenvalue weighted by atomic mass is 79.9. The zero-order chi connectivity index (χ0) is 31.2. The van der Waals surface area contributed by atoms with Crippen LogP contribution in [0.3, 0.4) is 0 Å². The summed E-state index contributed by atoms with van der Waals surface area (Å²) in [4.78, 5) is 27.0. The number of esters is 1. The molecule has 4 aromatic rings. The van der Waals surface area contributed by atoms with Crippen molar-refractivity contribution in [1.29, 1.82) is 0 Å².